The highest BCUT2D eigenvalue weighted by molar-refractivity contribution is 9.10. The van der Waals surface area contributed by atoms with Gasteiger partial charge in [-0.05, 0) is 41.3 Å². The summed E-state index contributed by atoms with van der Waals surface area (Å²) in [5, 5.41) is 10.3. The Morgan fingerprint density at radius 3 is 2.61 bits per heavy atom. The zero-order valence-electron chi connectivity index (χ0n) is 10.3. The molecule has 0 aliphatic heterocycles. The number of rotatable bonds is 4. The van der Waals surface area contributed by atoms with E-state index in [1.165, 1.54) is 0 Å². The second-order valence-electron chi connectivity index (χ2n) is 4.27. The zero-order chi connectivity index (χ0) is 13.0. The van der Waals surface area contributed by atoms with E-state index in [1.807, 2.05) is 36.5 Å². The highest BCUT2D eigenvalue weighted by atomic mass is 79.9. The van der Waals surface area contributed by atoms with Crippen LogP contribution in [0, 0.1) is 0 Å². The van der Waals surface area contributed by atoms with Crippen LogP contribution in [0.5, 0.6) is 0 Å². The summed E-state index contributed by atoms with van der Waals surface area (Å²) in [6.07, 6.45) is 4.62. The number of aliphatic hydroxyl groups excluding tert-OH is 1. The summed E-state index contributed by atoms with van der Waals surface area (Å²) in [5.41, 5.74) is 3.22. The summed E-state index contributed by atoms with van der Waals surface area (Å²) in [4.78, 5) is 4.10. The molecule has 0 fully saturated rings. The number of aromatic nitrogens is 1. The van der Waals surface area contributed by atoms with Gasteiger partial charge in [0.05, 0.1) is 6.10 Å². The molecular formula is C15H16BrNO. The van der Waals surface area contributed by atoms with Crippen LogP contribution in [-0.4, -0.2) is 10.1 Å². The van der Waals surface area contributed by atoms with Gasteiger partial charge in [-0.1, -0.05) is 35.0 Å². The van der Waals surface area contributed by atoms with Crippen molar-refractivity contribution in [3.05, 3.63) is 63.9 Å². The highest BCUT2D eigenvalue weighted by Gasteiger charge is 2.12. The van der Waals surface area contributed by atoms with Crippen LogP contribution in [0.15, 0.2) is 47.2 Å². The molecule has 94 valence electrons. The molecule has 1 aromatic carbocycles. The predicted octanol–water partition coefficient (Wildman–Crippen LogP) is 3.68. The Kier molecular flexibility index (Phi) is 4.50. The second-order valence-corrected chi connectivity index (χ2v) is 5.19. The van der Waals surface area contributed by atoms with Crippen molar-refractivity contribution in [2.24, 2.45) is 0 Å². The summed E-state index contributed by atoms with van der Waals surface area (Å²) < 4.78 is 1.05. The number of aryl methyl sites for hydroxylation is 1. The molecule has 1 N–H and O–H groups in total. The van der Waals surface area contributed by atoms with Gasteiger partial charge in [-0.25, -0.2) is 0 Å². The van der Waals surface area contributed by atoms with Crippen molar-refractivity contribution in [1.82, 2.24) is 4.98 Å². The van der Waals surface area contributed by atoms with Gasteiger partial charge < -0.3 is 5.11 Å². The number of aliphatic hydroxyl groups is 1. The largest absolute Gasteiger partial charge is 0.388 e. The Bertz CT molecular complexity index is 510. The summed E-state index contributed by atoms with van der Waals surface area (Å²) in [7, 11) is 0. The van der Waals surface area contributed by atoms with Crippen LogP contribution in [0.2, 0.25) is 0 Å². The quantitative estimate of drug-likeness (QED) is 0.934. The van der Waals surface area contributed by atoms with E-state index in [0.717, 1.165) is 27.6 Å². The Hall–Kier alpha value is -1.19. The summed E-state index contributed by atoms with van der Waals surface area (Å²) in [5.74, 6) is 0. The summed E-state index contributed by atoms with van der Waals surface area (Å²) >= 11 is 3.41. The number of hydrogen-bond acceptors (Lipinski definition) is 2. The SMILES string of the molecule is CCc1cnccc1C(O)Cc1ccc(Br)cc1. The minimum atomic E-state index is -0.468. The topological polar surface area (TPSA) is 33.1 Å². The molecule has 0 spiro atoms. The monoisotopic (exact) mass is 305 g/mol. The molecule has 0 amide bonds. The maximum absolute atomic E-state index is 10.3. The lowest BCUT2D eigenvalue weighted by molar-refractivity contribution is 0.177. The fourth-order valence-corrected chi connectivity index (χ4v) is 2.28. The van der Waals surface area contributed by atoms with Crippen LogP contribution < -0.4 is 0 Å². The fourth-order valence-electron chi connectivity index (χ4n) is 2.01. The van der Waals surface area contributed by atoms with Gasteiger partial charge in [0.25, 0.3) is 0 Å². The number of hydrogen-bond donors (Lipinski definition) is 1. The van der Waals surface area contributed by atoms with Crippen LogP contribution in [0.1, 0.15) is 29.7 Å². The van der Waals surface area contributed by atoms with E-state index < -0.39 is 6.10 Å². The molecule has 0 saturated carbocycles. The number of pyridine rings is 1. The Balaban J connectivity index is 2.16. The average Bonchev–Trinajstić information content (AvgIpc) is 2.41. The van der Waals surface area contributed by atoms with E-state index in [-0.39, 0.29) is 0 Å². The molecule has 2 nitrogen and oxygen atoms in total. The second kappa shape index (κ2) is 6.12. The van der Waals surface area contributed by atoms with Crippen LogP contribution in [0.3, 0.4) is 0 Å². The van der Waals surface area contributed by atoms with E-state index in [4.69, 9.17) is 0 Å². The first kappa shape index (κ1) is 13.2. The molecule has 1 aromatic heterocycles. The van der Waals surface area contributed by atoms with Gasteiger partial charge in [0.15, 0.2) is 0 Å². The predicted molar refractivity (Wildman–Crippen MR) is 76.4 cm³/mol. The van der Waals surface area contributed by atoms with Crippen molar-refractivity contribution in [3.8, 4) is 0 Å². The lowest BCUT2D eigenvalue weighted by Gasteiger charge is -2.14. The first-order chi connectivity index (χ1) is 8.70. The molecule has 1 atom stereocenters. The lowest BCUT2D eigenvalue weighted by atomic mass is 9.97. The highest BCUT2D eigenvalue weighted by Crippen LogP contribution is 2.22. The smallest absolute Gasteiger partial charge is 0.0834 e. The molecule has 3 heteroatoms. The minimum Gasteiger partial charge on any atom is -0.388 e. The van der Waals surface area contributed by atoms with Gasteiger partial charge in [-0.15, -0.1) is 0 Å². The Morgan fingerprint density at radius 2 is 1.94 bits per heavy atom. The fraction of sp³-hybridized carbons (Fsp3) is 0.267. The first-order valence-electron chi connectivity index (χ1n) is 6.06. The van der Waals surface area contributed by atoms with Crippen molar-refractivity contribution < 1.29 is 5.11 Å². The standard InChI is InChI=1S/C15H16BrNO/c1-2-12-10-17-8-7-14(12)15(18)9-11-3-5-13(16)6-4-11/h3-8,10,15,18H,2,9H2,1H3. The molecule has 0 bridgehead atoms. The Labute approximate surface area is 116 Å². The summed E-state index contributed by atoms with van der Waals surface area (Å²) in [6.45, 7) is 2.08. The average molecular weight is 306 g/mol. The molecule has 2 aromatic rings. The van der Waals surface area contributed by atoms with Gasteiger partial charge in [0, 0.05) is 23.3 Å². The third-order valence-corrected chi connectivity index (χ3v) is 3.55. The first-order valence-corrected chi connectivity index (χ1v) is 6.85. The van der Waals surface area contributed by atoms with Crippen LogP contribution in [-0.2, 0) is 12.8 Å². The number of benzene rings is 1. The molecule has 18 heavy (non-hydrogen) atoms. The summed E-state index contributed by atoms with van der Waals surface area (Å²) in [6, 6.07) is 9.95. The lowest BCUT2D eigenvalue weighted by Crippen LogP contribution is -2.05. The van der Waals surface area contributed by atoms with Gasteiger partial charge >= 0.3 is 0 Å². The third-order valence-electron chi connectivity index (χ3n) is 3.02. The minimum absolute atomic E-state index is 0.468. The van der Waals surface area contributed by atoms with E-state index in [0.29, 0.717) is 6.42 Å². The molecule has 0 aliphatic rings. The van der Waals surface area contributed by atoms with Crippen LogP contribution >= 0.6 is 15.9 Å². The zero-order valence-corrected chi connectivity index (χ0v) is 11.9. The van der Waals surface area contributed by atoms with Crippen molar-refractivity contribution in [1.29, 1.82) is 0 Å². The van der Waals surface area contributed by atoms with E-state index >= 15 is 0 Å². The molecule has 0 aliphatic carbocycles. The molecule has 0 radical (unpaired) electrons. The van der Waals surface area contributed by atoms with Crippen molar-refractivity contribution in [2.45, 2.75) is 25.9 Å². The normalized spacial score (nSPS) is 12.4. The Morgan fingerprint density at radius 1 is 1.22 bits per heavy atom. The van der Waals surface area contributed by atoms with Crippen molar-refractivity contribution >= 4 is 15.9 Å². The van der Waals surface area contributed by atoms with Gasteiger partial charge in [-0.3, -0.25) is 4.98 Å². The molecule has 0 saturated heterocycles. The molecular weight excluding hydrogens is 290 g/mol. The molecule has 1 heterocycles. The van der Waals surface area contributed by atoms with Gasteiger partial charge in [-0.2, -0.15) is 0 Å². The van der Waals surface area contributed by atoms with Crippen molar-refractivity contribution in [3.63, 3.8) is 0 Å². The van der Waals surface area contributed by atoms with E-state index in [2.05, 4.69) is 27.8 Å². The maximum Gasteiger partial charge on any atom is 0.0834 e. The van der Waals surface area contributed by atoms with Crippen LogP contribution in [0.4, 0.5) is 0 Å². The van der Waals surface area contributed by atoms with E-state index in [1.54, 1.807) is 6.20 Å². The van der Waals surface area contributed by atoms with Gasteiger partial charge in [0.1, 0.15) is 0 Å². The van der Waals surface area contributed by atoms with Gasteiger partial charge in [0.2, 0.25) is 0 Å². The van der Waals surface area contributed by atoms with E-state index in [9.17, 15) is 5.11 Å². The van der Waals surface area contributed by atoms with Crippen LogP contribution in [0.25, 0.3) is 0 Å². The number of nitrogens with zero attached hydrogens (tertiary/aromatic N) is 1. The maximum atomic E-state index is 10.3. The number of halogens is 1. The third kappa shape index (κ3) is 3.18. The molecule has 2 rings (SSSR count). The molecule has 1 unspecified atom stereocenters. The van der Waals surface area contributed by atoms with Crippen molar-refractivity contribution in [2.75, 3.05) is 0 Å².